The molecule has 0 aliphatic carbocycles. The zero-order valence-corrected chi connectivity index (χ0v) is 16.2. The molecule has 0 spiro atoms. The normalized spacial score (nSPS) is 10.6. The second kappa shape index (κ2) is 8.77. The minimum atomic E-state index is -0.305. The fraction of sp³-hybridized carbons (Fsp3) is 0.238. The van der Waals surface area contributed by atoms with E-state index >= 15 is 0 Å². The number of rotatable bonds is 7. The maximum absolute atomic E-state index is 12.9. The van der Waals surface area contributed by atoms with Gasteiger partial charge in [0.1, 0.15) is 5.82 Å². The number of hydrogen-bond donors (Lipinski definition) is 1. The van der Waals surface area contributed by atoms with Crippen molar-refractivity contribution in [3.63, 3.8) is 0 Å². The second-order valence-corrected chi connectivity index (χ2v) is 6.95. The third-order valence-corrected chi connectivity index (χ3v) is 5.17. The summed E-state index contributed by atoms with van der Waals surface area (Å²) in [4.78, 5) is 19.1. The quantitative estimate of drug-likeness (QED) is 0.626. The van der Waals surface area contributed by atoms with Crippen molar-refractivity contribution in [3.8, 4) is 11.3 Å². The standard InChI is InChI=1S/C21H22FN3OS/c1-3-25(4-2)21-24-19(14-27-21)16-7-11-18(12-8-16)23-20(26)13-15-5-9-17(22)10-6-15/h5-12,14H,3-4,13H2,1-2H3,(H,23,26). The maximum Gasteiger partial charge on any atom is 0.228 e. The molecule has 1 amide bonds. The molecule has 1 aromatic heterocycles. The number of nitrogens with zero attached hydrogens (tertiary/aromatic N) is 2. The fourth-order valence-electron chi connectivity index (χ4n) is 2.75. The average molecular weight is 383 g/mol. The summed E-state index contributed by atoms with van der Waals surface area (Å²) in [5.41, 5.74) is 3.45. The van der Waals surface area contributed by atoms with E-state index in [4.69, 9.17) is 4.98 Å². The van der Waals surface area contributed by atoms with Crippen LogP contribution in [0.25, 0.3) is 11.3 Å². The van der Waals surface area contributed by atoms with E-state index in [9.17, 15) is 9.18 Å². The Bertz CT molecular complexity index is 887. The fourth-order valence-corrected chi connectivity index (χ4v) is 3.72. The van der Waals surface area contributed by atoms with Crippen LogP contribution in [0.2, 0.25) is 0 Å². The van der Waals surface area contributed by atoms with Gasteiger partial charge in [0.05, 0.1) is 12.1 Å². The number of benzene rings is 2. The zero-order chi connectivity index (χ0) is 19.2. The van der Waals surface area contributed by atoms with E-state index in [2.05, 4.69) is 29.4 Å². The third-order valence-electron chi connectivity index (χ3n) is 4.27. The van der Waals surface area contributed by atoms with Crippen molar-refractivity contribution in [2.24, 2.45) is 0 Å². The van der Waals surface area contributed by atoms with Gasteiger partial charge in [0.2, 0.25) is 5.91 Å². The van der Waals surface area contributed by atoms with Crippen LogP contribution in [0.1, 0.15) is 19.4 Å². The first-order valence-electron chi connectivity index (χ1n) is 8.94. The number of amides is 1. The molecule has 0 bridgehead atoms. The first-order chi connectivity index (χ1) is 13.1. The molecule has 0 saturated heterocycles. The average Bonchev–Trinajstić information content (AvgIpc) is 3.15. The molecule has 0 aliphatic heterocycles. The van der Waals surface area contributed by atoms with E-state index in [1.807, 2.05) is 24.3 Å². The smallest absolute Gasteiger partial charge is 0.228 e. The summed E-state index contributed by atoms with van der Waals surface area (Å²) in [6, 6.07) is 13.6. The summed E-state index contributed by atoms with van der Waals surface area (Å²) in [7, 11) is 0. The summed E-state index contributed by atoms with van der Waals surface area (Å²) < 4.78 is 12.9. The highest BCUT2D eigenvalue weighted by atomic mass is 32.1. The summed E-state index contributed by atoms with van der Waals surface area (Å²) in [6.45, 7) is 6.10. The van der Waals surface area contributed by atoms with Crippen LogP contribution in [0.5, 0.6) is 0 Å². The van der Waals surface area contributed by atoms with Gasteiger partial charge >= 0.3 is 0 Å². The monoisotopic (exact) mass is 383 g/mol. The highest BCUT2D eigenvalue weighted by molar-refractivity contribution is 7.14. The Hall–Kier alpha value is -2.73. The van der Waals surface area contributed by atoms with Gasteiger partial charge in [0.25, 0.3) is 0 Å². The van der Waals surface area contributed by atoms with Crippen molar-refractivity contribution in [1.82, 2.24) is 4.98 Å². The highest BCUT2D eigenvalue weighted by Crippen LogP contribution is 2.28. The number of nitrogens with one attached hydrogen (secondary N) is 1. The number of hydrogen-bond acceptors (Lipinski definition) is 4. The van der Waals surface area contributed by atoms with Crippen molar-refractivity contribution in [2.75, 3.05) is 23.3 Å². The van der Waals surface area contributed by atoms with E-state index in [1.54, 1.807) is 23.5 Å². The molecule has 0 aliphatic rings. The number of aromatic nitrogens is 1. The Labute approximate surface area is 162 Å². The van der Waals surface area contributed by atoms with Crippen LogP contribution in [0.3, 0.4) is 0 Å². The Balaban J connectivity index is 1.63. The molecule has 1 N–H and O–H groups in total. The Morgan fingerprint density at radius 2 is 1.74 bits per heavy atom. The lowest BCUT2D eigenvalue weighted by Crippen LogP contribution is -2.21. The lowest BCUT2D eigenvalue weighted by molar-refractivity contribution is -0.115. The van der Waals surface area contributed by atoms with Crippen molar-refractivity contribution >= 4 is 28.1 Å². The van der Waals surface area contributed by atoms with Gasteiger partial charge in [-0.2, -0.15) is 0 Å². The maximum atomic E-state index is 12.9. The van der Waals surface area contributed by atoms with Crippen molar-refractivity contribution in [2.45, 2.75) is 20.3 Å². The molecule has 0 atom stereocenters. The number of anilines is 2. The molecule has 1 heterocycles. The van der Waals surface area contributed by atoms with Crippen LogP contribution in [-0.4, -0.2) is 24.0 Å². The Morgan fingerprint density at radius 1 is 1.07 bits per heavy atom. The highest BCUT2D eigenvalue weighted by Gasteiger charge is 2.10. The number of carbonyl (C=O) groups is 1. The van der Waals surface area contributed by atoms with E-state index in [0.29, 0.717) is 0 Å². The van der Waals surface area contributed by atoms with Crippen molar-refractivity contribution in [1.29, 1.82) is 0 Å². The van der Waals surface area contributed by atoms with Gasteiger partial charge in [-0.1, -0.05) is 24.3 Å². The van der Waals surface area contributed by atoms with E-state index in [-0.39, 0.29) is 18.1 Å². The molecule has 6 heteroatoms. The van der Waals surface area contributed by atoms with E-state index < -0.39 is 0 Å². The van der Waals surface area contributed by atoms with Crippen molar-refractivity contribution < 1.29 is 9.18 Å². The summed E-state index contributed by atoms with van der Waals surface area (Å²) >= 11 is 1.64. The minimum Gasteiger partial charge on any atom is -0.349 e. The Morgan fingerprint density at radius 3 is 2.37 bits per heavy atom. The van der Waals surface area contributed by atoms with Crippen LogP contribution in [0.4, 0.5) is 15.2 Å². The first kappa shape index (κ1) is 19.0. The molecular weight excluding hydrogens is 361 g/mol. The lowest BCUT2D eigenvalue weighted by atomic mass is 10.1. The number of halogens is 1. The predicted octanol–water partition coefficient (Wildman–Crippen LogP) is 4.98. The molecule has 140 valence electrons. The number of carbonyl (C=O) groups excluding carboxylic acids is 1. The predicted molar refractivity (Wildman–Crippen MR) is 110 cm³/mol. The molecule has 0 saturated carbocycles. The summed E-state index contributed by atoms with van der Waals surface area (Å²) in [6.07, 6.45) is 0.210. The van der Waals surface area contributed by atoms with Crippen LogP contribution < -0.4 is 10.2 Å². The molecule has 4 nitrogen and oxygen atoms in total. The molecule has 3 rings (SSSR count). The summed E-state index contributed by atoms with van der Waals surface area (Å²) in [5.74, 6) is -0.437. The first-order valence-corrected chi connectivity index (χ1v) is 9.82. The van der Waals surface area contributed by atoms with Gasteiger partial charge in [-0.15, -0.1) is 11.3 Å². The van der Waals surface area contributed by atoms with E-state index in [0.717, 1.165) is 40.7 Å². The lowest BCUT2D eigenvalue weighted by Gasteiger charge is -2.16. The van der Waals surface area contributed by atoms with Gasteiger partial charge in [-0.05, 0) is 43.7 Å². The van der Waals surface area contributed by atoms with Gasteiger partial charge in [-0.25, -0.2) is 9.37 Å². The zero-order valence-electron chi connectivity index (χ0n) is 15.4. The summed E-state index contributed by atoms with van der Waals surface area (Å²) in [5, 5.41) is 5.94. The Kier molecular flexibility index (Phi) is 6.19. The molecular formula is C21H22FN3OS. The molecule has 3 aromatic rings. The van der Waals surface area contributed by atoms with Gasteiger partial charge in [0.15, 0.2) is 5.13 Å². The van der Waals surface area contributed by atoms with Gasteiger partial charge in [-0.3, -0.25) is 4.79 Å². The van der Waals surface area contributed by atoms with Crippen LogP contribution in [-0.2, 0) is 11.2 Å². The SMILES string of the molecule is CCN(CC)c1nc(-c2ccc(NC(=O)Cc3ccc(F)cc3)cc2)cs1. The van der Waals surface area contributed by atoms with Crippen LogP contribution >= 0.6 is 11.3 Å². The largest absolute Gasteiger partial charge is 0.349 e. The topological polar surface area (TPSA) is 45.2 Å². The van der Waals surface area contributed by atoms with E-state index in [1.165, 1.54) is 12.1 Å². The van der Waals surface area contributed by atoms with Gasteiger partial charge < -0.3 is 10.2 Å². The molecule has 27 heavy (non-hydrogen) atoms. The molecule has 0 fully saturated rings. The van der Waals surface area contributed by atoms with Crippen molar-refractivity contribution in [3.05, 3.63) is 65.3 Å². The molecule has 0 radical (unpaired) electrons. The third kappa shape index (κ3) is 4.92. The molecule has 0 unspecified atom stereocenters. The molecule has 2 aromatic carbocycles. The second-order valence-electron chi connectivity index (χ2n) is 6.12. The minimum absolute atomic E-state index is 0.133. The van der Waals surface area contributed by atoms with Crippen LogP contribution in [0.15, 0.2) is 53.9 Å². The van der Waals surface area contributed by atoms with Crippen LogP contribution in [0, 0.1) is 5.82 Å². The van der Waals surface area contributed by atoms with Gasteiger partial charge in [0, 0.05) is 29.7 Å². The number of thiazole rings is 1.